The standard InChI is InChI=1S/C21H28N2O4S/c1-15(2)23-28(25,26)14-19-10-8-18(9-11-19)12-22-20(24)13-27-21-16(3)6-5-7-17(21)4/h5-11,15,23H,12-14H2,1-4H3,(H,22,24). The Hall–Kier alpha value is -2.38. The molecule has 2 aromatic rings. The molecule has 28 heavy (non-hydrogen) atoms. The molecule has 0 aliphatic carbocycles. The number of para-hydroxylation sites is 1. The minimum absolute atomic E-state index is 0.0527. The van der Waals surface area contributed by atoms with E-state index in [-0.39, 0.29) is 24.3 Å². The van der Waals surface area contributed by atoms with E-state index in [9.17, 15) is 13.2 Å². The molecule has 1 amide bonds. The van der Waals surface area contributed by atoms with E-state index < -0.39 is 10.0 Å². The lowest BCUT2D eigenvalue weighted by Crippen LogP contribution is -2.31. The number of carbonyl (C=O) groups excluding carboxylic acids is 1. The maximum Gasteiger partial charge on any atom is 0.258 e. The van der Waals surface area contributed by atoms with Crippen LogP contribution in [0, 0.1) is 13.8 Å². The van der Waals surface area contributed by atoms with Crippen molar-refractivity contribution in [1.29, 1.82) is 0 Å². The predicted octanol–water partition coefficient (Wildman–Crippen LogP) is 2.83. The second-order valence-corrected chi connectivity index (χ2v) is 8.89. The van der Waals surface area contributed by atoms with Crippen molar-refractivity contribution < 1.29 is 17.9 Å². The van der Waals surface area contributed by atoms with Crippen molar-refractivity contribution in [2.45, 2.75) is 46.0 Å². The lowest BCUT2D eigenvalue weighted by atomic mass is 10.1. The Bertz CT molecular complexity index is 886. The smallest absolute Gasteiger partial charge is 0.258 e. The van der Waals surface area contributed by atoms with E-state index in [1.165, 1.54) is 0 Å². The van der Waals surface area contributed by atoms with E-state index in [0.717, 1.165) is 22.4 Å². The molecule has 0 aliphatic rings. The summed E-state index contributed by atoms with van der Waals surface area (Å²) in [7, 11) is -3.35. The van der Waals surface area contributed by atoms with Crippen LogP contribution < -0.4 is 14.8 Å². The SMILES string of the molecule is Cc1cccc(C)c1OCC(=O)NCc1ccc(CS(=O)(=O)NC(C)C)cc1. The molecule has 2 rings (SSSR count). The van der Waals surface area contributed by atoms with Gasteiger partial charge < -0.3 is 10.1 Å². The number of ether oxygens (including phenoxy) is 1. The van der Waals surface area contributed by atoms with Gasteiger partial charge in [-0.3, -0.25) is 4.79 Å². The highest BCUT2D eigenvalue weighted by molar-refractivity contribution is 7.88. The van der Waals surface area contributed by atoms with Crippen LogP contribution in [0.3, 0.4) is 0 Å². The maximum absolute atomic E-state index is 12.0. The van der Waals surface area contributed by atoms with Gasteiger partial charge >= 0.3 is 0 Å². The molecule has 0 fully saturated rings. The Morgan fingerprint density at radius 2 is 1.57 bits per heavy atom. The molecule has 0 radical (unpaired) electrons. The number of hydrogen-bond acceptors (Lipinski definition) is 4. The molecule has 0 saturated heterocycles. The van der Waals surface area contributed by atoms with Crippen LogP contribution in [0.5, 0.6) is 5.75 Å². The van der Waals surface area contributed by atoms with Crippen LogP contribution in [-0.4, -0.2) is 27.0 Å². The van der Waals surface area contributed by atoms with Gasteiger partial charge in [0.2, 0.25) is 10.0 Å². The van der Waals surface area contributed by atoms with Gasteiger partial charge in [-0.05, 0) is 49.9 Å². The van der Waals surface area contributed by atoms with Crippen molar-refractivity contribution in [1.82, 2.24) is 10.0 Å². The van der Waals surface area contributed by atoms with E-state index in [1.54, 1.807) is 26.0 Å². The van der Waals surface area contributed by atoms with Crippen LogP contribution in [0.1, 0.15) is 36.1 Å². The molecule has 0 bridgehead atoms. The summed E-state index contributed by atoms with van der Waals surface area (Å²) < 4.78 is 32.1. The maximum atomic E-state index is 12.0. The molecule has 0 heterocycles. The highest BCUT2D eigenvalue weighted by Gasteiger charge is 2.13. The average Bonchev–Trinajstić information content (AvgIpc) is 2.59. The quantitative estimate of drug-likeness (QED) is 0.673. The van der Waals surface area contributed by atoms with Crippen LogP contribution >= 0.6 is 0 Å². The summed E-state index contributed by atoms with van der Waals surface area (Å²) in [5, 5.41) is 2.81. The fraction of sp³-hybridized carbons (Fsp3) is 0.381. The zero-order chi connectivity index (χ0) is 20.7. The van der Waals surface area contributed by atoms with Crippen molar-refractivity contribution in [3.63, 3.8) is 0 Å². The number of hydrogen-bond donors (Lipinski definition) is 2. The van der Waals surface area contributed by atoms with Crippen molar-refractivity contribution in [3.8, 4) is 5.75 Å². The number of sulfonamides is 1. The number of nitrogens with one attached hydrogen (secondary N) is 2. The first-order chi connectivity index (χ1) is 13.2. The first-order valence-corrected chi connectivity index (χ1v) is 10.8. The molecule has 7 heteroatoms. The van der Waals surface area contributed by atoms with Gasteiger partial charge in [0.1, 0.15) is 5.75 Å². The fourth-order valence-electron chi connectivity index (χ4n) is 2.79. The summed E-state index contributed by atoms with van der Waals surface area (Å²) in [4.78, 5) is 12.0. The van der Waals surface area contributed by atoms with Crippen LogP contribution in [0.2, 0.25) is 0 Å². The van der Waals surface area contributed by atoms with Crippen molar-refractivity contribution >= 4 is 15.9 Å². The lowest BCUT2D eigenvalue weighted by molar-refractivity contribution is -0.123. The van der Waals surface area contributed by atoms with Gasteiger partial charge in [0.05, 0.1) is 5.75 Å². The first-order valence-electron chi connectivity index (χ1n) is 9.20. The molecule has 152 valence electrons. The minimum atomic E-state index is -3.35. The molecule has 0 unspecified atom stereocenters. The number of aryl methyl sites for hydroxylation is 2. The minimum Gasteiger partial charge on any atom is -0.483 e. The predicted molar refractivity (Wildman–Crippen MR) is 111 cm³/mol. The molecule has 6 nitrogen and oxygen atoms in total. The Morgan fingerprint density at radius 3 is 2.14 bits per heavy atom. The van der Waals surface area contributed by atoms with Gasteiger partial charge in [0.25, 0.3) is 5.91 Å². The van der Waals surface area contributed by atoms with E-state index in [4.69, 9.17) is 4.74 Å². The third kappa shape index (κ3) is 6.98. The average molecular weight is 405 g/mol. The molecule has 0 atom stereocenters. The molecule has 0 spiro atoms. The molecule has 0 aromatic heterocycles. The molecule has 2 N–H and O–H groups in total. The van der Waals surface area contributed by atoms with Crippen molar-refractivity contribution in [3.05, 3.63) is 64.7 Å². The van der Waals surface area contributed by atoms with E-state index >= 15 is 0 Å². The van der Waals surface area contributed by atoms with Crippen molar-refractivity contribution in [2.75, 3.05) is 6.61 Å². The number of benzene rings is 2. The van der Waals surface area contributed by atoms with E-state index in [2.05, 4.69) is 10.0 Å². The van der Waals surface area contributed by atoms with Crippen molar-refractivity contribution in [2.24, 2.45) is 0 Å². The zero-order valence-electron chi connectivity index (χ0n) is 16.8. The Morgan fingerprint density at radius 1 is 1.00 bits per heavy atom. The Balaban J connectivity index is 1.83. The van der Waals surface area contributed by atoms with Gasteiger partial charge in [-0.2, -0.15) is 0 Å². The zero-order valence-corrected chi connectivity index (χ0v) is 17.6. The van der Waals surface area contributed by atoms with Gasteiger partial charge in [-0.15, -0.1) is 0 Å². The summed E-state index contributed by atoms with van der Waals surface area (Å²) in [6, 6.07) is 12.8. The second-order valence-electron chi connectivity index (χ2n) is 7.13. The van der Waals surface area contributed by atoms with Crippen LogP contribution in [0.15, 0.2) is 42.5 Å². The number of carbonyl (C=O) groups is 1. The first kappa shape index (κ1) is 21.9. The summed E-state index contributed by atoms with van der Waals surface area (Å²) in [5.41, 5.74) is 3.57. The highest BCUT2D eigenvalue weighted by Crippen LogP contribution is 2.22. The van der Waals surface area contributed by atoms with E-state index in [1.807, 2.05) is 44.2 Å². The van der Waals surface area contributed by atoms with Gasteiger partial charge in [0, 0.05) is 12.6 Å². The van der Waals surface area contributed by atoms with Gasteiger partial charge in [-0.25, -0.2) is 13.1 Å². The van der Waals surface area contributed by atoms with E-state index in [0.29, 0.717) is 12.1 Å². The Labute approximate surface area is 167 Å². The summed E-state index contributed by atoms with van der Waals surface area (Å²) in [5.74, 6) is 0.454. The van der Waals surface area contributed by atoms with Gasteiger partial charge in [-0.1, -0.05) is 42.5 Å². The largest absolute Gasteiger partial charge is 0.483 e. The summed E-state index contributed by atoms with van der Waals surface area (Å²) in [6.45, 7) is 7.76. The highest BCUT2D eigenvalue weighted by atomic mass is 32.2. The van der Waals surface area contributed by atoms with Crippen LogP contribution in [0.25, 0.3) is 0 Å². The molecule has 0 saturated carbocycles. The number of amides is 1. The molecule has 2 aromatic carbocycles. The third-order valence-corrected chi connectivity index (χ3v) is 5.58. The normalized spacial score (nSPS) is 11.5. The molecular weight excluding hydrogens is 376 g/mol. The topological polar surface area (TPSA) is 84.5 Å². The molecule has 0 aliphatic heterocycles. The Kier molecular flexibility index (Phi) is 7.60. The lowest BCUT2D eigenvalue weighted by Gasteiger charge is -2.12. The van der Waals surface area contributed by atoms with Crippen LogP contribution in [0.4, 0.5) is 0 Å². The monoisotopic (exact) mass is 404 g/mol. The fourth-order valence-corrected chi connectivity index (χ4v) is 4.22. The third-order valence-electron chi connectivity index (χ3n) is 4.04. The second kappa shape index (κ2) is 9.71. The van der Waals surface area contributed by atoms with Crippen LogP contribution in [-0.2, 0) is 27.1 Å². The summed E-state index contributed by atoms with van der Waals surface area (Å²) >= 11 is 0. The number of rotatable bonds is 9. The summed E-state index contributed by atoms with van der Waals surface area (Å²) in [6.07, 6.45) is 0. The molecular formula is C21H28N2O4S. The van der Waals surface area contributed by atoms with Gasteiger partial charge in [0.15, 0.2) is 6.61 Å².